The summed E-state index contributed by atoms with van der Waals surface area (Å²) in [5.41, 5.74) is 0.834. The third-order valence-corrected chi connectivity index (χ3v) is 5.26. The van der Waals surface area contributed by atoms with Gasteiger partial charge in [0.15, 0.2) is 11.5 Å². The summed E-state index contributed by atoms with van der Waals surface area (Å²) in [4.78, 5) is 29.9. The number of amides is 2. The highest BCUT2D eigenvalue weighted by Crippen LogP contribution is 2.28. The smallest absolute Gasteiger partial charge is 0.267 e. The number of nitrogens with one attached hydrogen (secondary N) is 2. The molecule has 2 amide bonds. The molecular weight excluding hydrogens is 416 g/mol. The van der Waals surface area contributed by atoms with Crippen molar-refractivity contribution in [1.29, 1.82) is 0 Å². The maximum Gasteiger partial charge on any atom is 0.267 e. The topological polar surface area (TPSA) is 94.5 Å². The standard InChI is InChI=1S/C22H24N4O4S/c1-29-18-7-6-16(14-19(18)30-2)13-17(25-22(28)20-5-3-12-31-20)21(27)24-8-4-10-26-11-9-23-15-26/h3,5-7,9,11-15H,4,8,10H2,1-2H3,(H,24,27)(H,25,28)/b17-13+. The van der Waals surface area contributed by atoms with Gasteiger partial charge in [0.25, 0.3) is 11.8 Å². The lowest BCUT2D eigenvalue weighted by Gasteiger charge is -2.12. The van der Waals surface area contributed by atoms with Gasteiger partial charge in [-0.05, 0) is 41.6 Å². The molecule has 3 rings (SSSR count). The highest BCUT2D eigenvalue weighted by molar-refractivity contribution is 7.12. The zero-order valence-corrected chi connectivity index (χ0v) is 18.1. The Labute approximate surface area is 184 Å². The molecule has 0 aliphatic rings. The van der Waals surface area contributed by atoms with Crippen LogP contribution < -0.4 is 20.1 Å². The molecule has 0 fully saturated rings. The Morgan fingerprint density at radius 2 is 2.03 bits per heavy atom. The van der Waals surface area contributed by atoms with Crippen molar-refractivity contribution in [3.05, 3.63) is 70.6 Å². The summed E-state index contributed by atoms with van der Waals surface area (Å²) in [6.45, 7) is 1.19. The monoisotopic (exact) mass is 440 g/mol. The van der Waals surface area contributed by atoms with Crippen LogP contribution in [-0.2, 0) is 11.3 Å². The van der Waals surface area contributed by atoms with Crippen LogP contribution in [0.3, 0.4) is 0 Å². The highest BCUT2D eigenvalue weighted by Gasteiger charge is 2.15. The number of hydrogen-bond acceptors (Lipinski definition) is 6. The first-order chi connectivity index (χ1) is 15.1. The predicted molar refractivity (Wildman–Crippen MR) is 119 cm³/mol. The Morgan fingerprint density at radius 3 is 2.71 bits per heavy atom. The number of carbonyl (C=O) groups excluding carboxylic acids is 2. The molecule has 0 unspecified atom stereocenters. The van der Waals surface area contributed by atoms with Gasteiger partial charge in [0.05, 0.1) is 25.4 Å². The number of methoxy groups -OCH3 is 2. The normalized spacial score (nSPS) is 11.1. The Balaban J connectivity index is 1.74. The van der Waals surface area contributed by atoms with Gasteiger partial charge < -0.3 is 24.7 Å². The minimum Gasteiger partial charge on any atom is -0.493 e. The number of imidazole rings is 1. The molecule has 0 atom stereocenters. The average Bonchev–Trinajstić information content (AvgIpc) is 3.50. The van der Waals surface area contributed by atoms with E-state index in [1.165, 1.54) is 18.4 Å². The van der Waals surface area contributed by atoms with Crippen molar-refractivity contribution in [1.82, 2.24) is 20.2 Å². The second-order valence-corrected chi connectivity index (χ2v) is 7.46. The van der Waals surface area contributed by atoms with E-state index in [1.54, 1.807) is 56.0 Å². The molecule has 8 nitrogen and oxygen atoms in total. The van der Waals surface area contributed by atoms with Gasteiger partial charge in [-0.15, -0.1) is 11.3 Å². The van der Waals surface area contributed by atoms with Crippen LogP contribution >= 0.6 is 11.3 Å². The van der Waals surface area contributed by atoms with Crippen molar-refractivity contribution in [3.8, 4) is 11.5 Å². The van der Waals surface area contributed by atoms with Gasteiger partial charge in [-0.1, -0.05) is 12.1 Å². The number of thiophene rings is 1. The van der Waals surface area contributed by atoms with Crippen molar-refractivity contribution in [2.75, 3.05) is 20.8 Å². The van der Waals surface area contributed by atoms with E-state index >= 15 is 0 Å². The molecule has 3 aromatic rings. The number of hydrogen-bond donors (Lipinski definition) is 2. The van der Waals surface area contributed by atoms with Gasteiger partial charge in [0.1, 0.15) is 5.70 Å². The van der Waals surface area contributed by atoms with Crippen molar-refractivity contribution in [3.63, 3.8) is 0 Å². The van der Waals surface area contributed by atoms with E-state index in [0.29, 0.717) is 28.5 Å². The largest absolute Gasteiger partial charge is 0.493 e. The summed E-state index contributed by atoms with van der Waals surface area (Å²) >= 11 is 1.31. The molecule has 31 heavy (non-hydrogen) atoms. The lowest BCUT2D eigenvalue weighted by molar-refractivity contribution is -0.117. The van der Waals surface area contributed by atoms with E-state index in [0.717, 1.165) is 13.0 Å². The summed E-state index contributed by atoms with van der Waals surface area (Å²) in [6, 6.07) is 8.75. The fraction of sp³-hybridized carbons (Fsp3) is 0.227. The minimum atomic E-state index is -0.370. The van der Waals surface area contributed by atoms with Crippen LogP contribution in [0.25, 0.3) is 6.08 Å². The van der Waals surface area contributed by atoms with Gasteiger partial charge in [0, 0.05) is 25.5 Å². The molecule has 0 saturated heterocycles. The fourth-order valence-corrected chi connectivity index (χ4v) is 3.46. The predicted octanol–water partition coefficient (Wildman–Crippen LogP) is 2.94. The highest BCUT2D eigenvalue weighted by atomic mass is 32.1. The number of rotatable bonds is 10. The molecule has 0 saturated carbocycles. The van der Waals surface area contributed by atoms with Crippen LogP contribution in [0, 0.1) is 0 Å². The lowest BCUT2D eigenvalue weighted by Crippen LogP contribution is -2.35. The van der Waals surface area contributed by atoms with Crippen molar-refractivity contribution < 1.29 is 19.1 Å². The molecular formula is C22H24N4O4S. The van der Waals surface area contributed by atoms with E-state index in [4.69, 9.17) is 9.47 Å². The Kier molecular flexibility index (Phi) is 7.83. The van der Waals surface area contributed by atoms with Gasteiger partial charge >= 0.3 is 0 Å². The maximum atomic E-state index is 12.8. The Bertz CT molecular complexity index is 1030. The molecule has 1 aromatic carbocycles. The number of nitrogens with zero attached hydrogens (tertiary/aromatic N) is 2. The zero-order valence-electron chi connectivity index (χ0n) is 17.3. The molecule has 0 spiro atoms. The average molecular weight is 441 g/mol. The Hall–Kier alpha value is -3.59. The Morgan fingerprint density at radius 1 is 1.19 bits per heavy atom. The number of benzene rings is 1. The van der Waals surface area contributed by atoms with E-state index in [9.17, 15) is 9.59 Å². The second-order valence-electron chi connectivity index (χ2n) is 6.51. The molecule has 2 N–H and O–H groups in total. The molecule has 0 aliphatic carbocycles. The molecule has 2 heterocycles. The summed E-state index contributed by atoms with van der Waals surface area (Å²) < 4.78 is 12.5. The van der Waals surface area contributed by atoms with Crippen LogP contribution in [0.1, 0.15) is 21.7 Å². The summed E-state index contributed by atoms with van der Waals surface area (Å²) in [6.07, 6.45) is 7.64. The quantitative estimate of drug-likeness (QED) is 0.373. The van der Waals surface area contributed by atoms with Crippen LogP contribution in [0.5, 0.6) is 11.5 Å². The lowest BCUT2D eigenvalue weighted by atomic mass is 10.1. The first kappa shape index (κ1) is 22.1. The van der Waals surface area contributed by atoms with Crippen LogP contribution in [-0.4, -0.2) is 42.1 Å². The molecule has 162 valence electrons. The summed E-state index contributed by atoms with van der Waals surface area (Å²) in [5.74, 6) is 0.398. The third kappa shape index (κ3) is 6.19. The second kappa shape index (κ2) is 11.0. The van der Waals surface area contributed by atoms with E-state index in [-0.39, 0.29) is 17.5 Å². The van der Waals surface area contributed by atoms with E-state index in [2.05, 4.69) is 15.6 Å². The zero-order chi connectivity index (χ0) is 22.1. The van der Waals surface area contributed by atoms with Crippen molar-refractivity contribution in [2.45, 2.75) is 13.0 Å². The van der Waals surface area contributed by atoms with Crippen molar-refractivity contribution in [2.24, 2.45) is 0 Å². The van der Waals surface area contributed by atoms with Gasteiger partial charge in [-0.2, -0.15) is 0 Å². The van der Waals surface area contributed by atoms with E-state index in [1.807, 2.05) is 16.1 Å². The molecule has 9 heteroatoms. The molecule has 0 aliphatic heterocycles. The van der Waals surface area contributed by atoms with Crippen LogP contribution in [0.2, 0.25) is 0 Å². The molecule has 2 aromatic heterocycles. The van der Waals surface area contributed by atoms with Crippen LogP contribution in [0.4, 0.5) is 0 Å². The number of ether oxygens (including phenoxy) is 2. The number of aryl methyl sites for hydroxylation is 1. The molecule has 0 bridgehead atoms. The number of aromatic nitrogens is 2. The van der Waals surface area contributed by atoms with Gasteiger partial charge in [-0.25, -0.2) is 4.98 Å². The van der Waals surface area contributed by atoms with Crippen LogP contribution in [0.15, 0.2) is 60.1 Å². The fourth-order valence-electron chi connectivity index (χ4n) is 2.84. The van der Waals surface area contributed by atoms with Gasteiger partial charge in [0.2, 0.25) is 0 Å². The minimum absolute atomic E-state index is 0.147. The summed E-state index contributed by atoms with van der Waals surface area (Å²) in [5, 5.41) is 7.39. The summed E-state index contributed by atoms with van der Waals surface area (Å²) in [7, 11) is 3.09. The molecule has 0 radical (unpaired) electrons. The van der Waals surface area contributed by atoms with Gasteiger partial charge in [-0.3, -0.25) is 9.59 Å². The first-order valence-electron chi connectivity index (χ1n) is 9.63. The maximum absolute atomic E-state index is 12.8. The first-order valence-corrected chi connectivity index (χ1v) is 10.5. The van der Waals surface area contributed by atoms with Crippen molar-refractivity contribution >= 4 is 29.2 Å². The van der Waals surface area contributed by atoms with E-state index < -0.39 is 0 Å². The third-order valence-electron chi connectivity index (χ3n) is 4.39. The SMILES string of the molecule is COc1ccc(/C=C(/NC(=O)c2cccs2)C(=O)NCCCn2ccnc2)cc1OC. The number of carbonyl (C=O) groups is 2.